The molecule has 82 valence electrons. The first-order valence-electron chi connectivity index (χ1n) is 4.15. The molecule has 5 heteroatoms. The Balaban J connectivity index is 3.49. The molecule has 0 atom stereocenters. The third-order valence-electron chi connectivity index (χ3n) is 2.17. The van der Waals surface area contributed by atoms with Gasteiger partial charge in [0, 0.05) is 0 Å². The van der Waals surface area contributed by atoms with Crippen LogP contribution in [0.15, 0.2) is 12.1 Å². The van der Waals surface area contributed by atoms with Gasteiger partial charge in [0.1, 0.15) is 0 Å². The molecule has 1 aromatic rings. The van der Waals surface area contributed by atoms with Crippen molar-refractivity contribution >= 4 is 5.97 Å². The molecule has 0 bridgehead atoms. The maximum Gasteiger partial charge on any atom is 0.417 e. The van der Waals surface area contributed by atoms with Gasteiger partial charge in [0.2, 0.25) is 0 Å². The van der Waals surface area contributed by atoms with Crippen LogP contribution in [0.25, 0.3) is 0 Å². The first kappa shape index (κ1) is 11.6. The molecule has 0 radical (unpaired) electrons. The zero-order chi connectivity index (χ0) is 11.8. The van der Waals surface area contributed by atoms with Crippen molar-refractivity contribution in [2.75, 3.05) is 0 Å². The fourth-order valence-electron chi connectivity index (χ4n) is 1.23. The SMILES string of the molecule is Cc1cc(C(=O)O)c(C(F)(F)F)cc1C. The summed E-state index contributed by atoms with van der Waals surface area (Å²) in [5, 5.41) is 8.64. The van der Waals surface area contributed by atoms with Gasteiger partial charge in [-0.15, -0.1) is 0 Å². The van der Waals surface area contributed by atoms with Crippen LogP contribution in [0, 0.1) is 13.8 Å². The fourth-order valence-corrected chi connectivity index (χ4v) is 1.23. The van der Waals surface area contributed by atoms with Crippen LogP contribution in [0.3, 0.4) is 0 Å². The number of carboxylic acids is 1. The Hall–Kier alpha value is -1.52. The average Bonchev–Trinajstić information content (AvgIpc) is 2.06. The number of rotatable bonds is 1. The zero-order valence-electron chi connectivity index (χ0n) is 8.14. The number of alkyl halides is 3. The van der Waals surface area contributed by atoms with Crippen LogP contribution < -0.4 is 0 Å². The molecule has 0 saturated heterocycles. The van der Waals surface area contributed by atoms with Crippen LogP contribution >= 0.6 is 0 Å². The molecule has 15 heavy (non-hydrogen) atoms. The molecule has 1 rings (SSSR count). The highest BCUT2D eigenvalue weighted by atomic mass is 19.4. The molecule has 0 aliphatic heterocycles. The molecule has 0 unspecified atom stereocenters. The van der Waals surface area contributed by atoms with E-state index in [-0.39, 0.29) is 0 Å². The van der Waals surface area contributed by atoms with Gasteiger partial charge in [0.15, 0.2) is 0 Å². The van der Waals surface area contributed by atoms with Gasteiger partial charge in [-0.1, -0.05) is 0 Å². The molecular formula is C10H9F3O2. The molecular weight excluding hydrogens is 209 g/mol. The van der Waals surface area contributed by atoms with Crippen molar-refractivity contribution in [1.29, 1.82) is 0 Å². The quantitative estimate of drug-likeness (QED) is 0.786. The molecule has 0 aliphatic carbocycles. The van der Waals surface area contributed by atoms with Crippen LogP contribution in [0.1, 0.15) is 27.0 Å². The van der Waals surface area contributed by atoms with Crippen LogP contribution in [0.5, 0.6) is 0 Å². The van der Waals surface area contributed by atoms with E-state index in [0.717, 1.165) is 12.1 Å². The van der Waals surface area contributed by atoms with Crippen molar-refractivity contribution in [2.45, 2.75) is 20.0 Å². The van der Waals surface area contributed by atoms with E-state index in [2.05, 4.69) is 0 Å². The maximum atomic E-state index is 12.5. The van der Waals surface area contributed by atoms with Crippen LogP contribution in [0.2, 0.25) is 0 Å². The van der Waals surface area contributed by atoms with Crippen molar-refractivity contribution in [3.8, 4) is 0 Å². The summed E-state index contributed by atoms with van der Waals surface area (Å²) in [5.41, 5.74) is -0.851. The van der Waals surface area contributed by atoms with Crippen LogP contribution in [-0.4, -0.2) is 11.1 Å². The lowest BCUT2D eigenvalue weighted by Crippen LogP contribution is -2.13. The Morgan fingerprint density at radius 2 is 1.67 bits per heavy atom. The van der Waals surface area contributed by atoms with Gasteiger partial charge in [-0.2, -0.15) is 13.2 Å². The highest BCUT2D eigenvalue weighted by Crippen LogP contribution is 2.33. The number of hydrogen-bond acceptors (Lipinski definition) is 1. The van der Waals surface area contributed by atoms with Crippen molar-refractivity contribution in [1.82, 2.24) is 0 Å². The number of aromatic carboxylic acids is 1. The number of hydrogen-bond donors (Lipinski definition) is 1. The Bertz CT molecular complexity index is 408. The summed E-state index contributed by atoms with van der Waals surface area (Å²) >= 11 is 0. The van der Waals surface area contributed by atoms with Gasteiger partial charge in [-0.05, 0) is 37.1 Å². The molecule has 0 saturated carbocycles. The molecule has 0 spiro atoms. The molecule has 0 aliphatic rings. The highest BCUT2D eigenvalue weighted by Gasteiger charge is 2.35. The lowest BCUT2D eigenvalue weighted by molar-refractivity contribution is -0.138. The van der Waals surface area contributed by atoms with E-state index in [1.165, 1.54) is 6.92 Å². The minimum absolute atomic E-state index is 0.423. The van der Waals surface area contributed by atoms with Crippen molar-refractivity contribution < 1.29 is 23.1 Å². The van der Waals surface area contributed by atoms with Crippen LogP contribution in [0.4, 0.5) is 13.2 Å². The largest absolute Gasteiger partial charge is 0.478 e. The molecule has 2 nitrogen and oxygen atoms in total. The minimum atomic E-state index is -4.63. The fraction of sp³-hybridized carbons (Fsp3) is 0.300. The predicted molar refractivity (Wildman–Crippen MR) is 47.9 cm³/mol. The summed E-state index contributed by atoms with van der Waals surface area (Å²) in [6, 6.07) is 1.90. The van der Waals surface area contributed by atoms with E-state index in [1.807, 2.05) is 0 Å². The maximum absolute atomic E-state index is 12.5. The topological polar surface area (TPSA) is 37.3 Å². The highest BCUT2D eigenvalue weighted by molar-refractivity contribution is 5.90. The first-order valence-corrected chi connectivity index (χ1v) is 4.15. The predicted octanol–water partition coefficient (Wildman–Crippen LogP) is 3.02. The van der Waals surface area contributed by atoms with Gasteiger partial charge < -0.3 is 5.11 Å². The van der Waals surface area contributed by atoms with Crippen molar-refractivity contribution in [3.63, 3.8) is 0 Å². The zero-order valence-corrected chi connectivity index (χ0v) is 8.14. The summed E-state index contributed by atoms with van der Waals surface area (Å²) in [5.74, 6) is -1.56. The van der Waals surface area contributed by atoms with Crippen molar-refractivity contribution in [2.24, 2.45) is 0 Å². The summed E-state index contributed by atoms with van der Waals surface area (Å²) in [7, 11) is 0. The minimum Gasteiger partial charge on any atom is -0.478 e. The summed E-state index contributed by atoms with van der Waals surface area (Å²) in [6.45, 7) is 3.08. The summed E-state index contributed by atoms with van der Waals surface area (Å²) in [6.07, 6.45) is -4.63. The Labute approximate surface area is 84.3 Å². The number of halogens is 3. The Morgan fingerprint density at radius 3 is 2.07 bits per heavy atom. The lowest BCUT2D eigenvalue weighted by Gasteiger charge is -2.12. The van der Waals surface area contributed by atoms with E-state index >= 15 is 0 Å². The van der Waals surface area contributed by atoms with E-state index in [4.69, 9.17) is 5.11 Å². The number of benzene rings is 1. The second-order valence-corrected chi connectivity index (χ2v) is 3.28. The second kappa shape index (κ2) is 3.56. The summed E-state index contributed by atoms with van der Waals surface area (Å²) < 4.78 is 37.4. The van der Waals surface area contributed by atoms with Gasteiger partial charge in [-0.3, -0.25) is 0 Å². The van der Waals surface area contributed by atoms with E-state index < -0.39 is 23.3 Å². The van der Waals surface area contributed by atoms with E-state index in [0.29, 0.717) is 11.1 Å². The molecule has 1 aromatic carbocycles. The van der Waals surface area contributed by atoms with Gasteiger partial charge in [0.25, 0.3) is 0 Å². The van der Waals surface area contributed by atoms with Gasteiger partial charge in [-0.25, -0.2) is 4.79 Å². The Morgan fingerprint density at radius 1 is 1.20 bits per heavy atom. The molecule has 0 aromatic heterocycles. The smallest absolute Gasteiger partial charge is 0.417 e. The van der Waals surface area contributed by atoms with E-state index in [1.54, 1.807) is 6.92 Å². The Kier molecular flexibility index (Phi) is 2.75. The molecule has 0 fully saturated rings. The third-order valence-corrected chi connectivity index (χ3v) is 2.17. The van der Waals surface area contributed by atoms with Crippen LogP contribution in [-0.2, 0) is 6.18 Å². The number of aryl methyl sites for hydroxylation is 2. The standard InChI is InChI=1S/C10H9F3O2/c1-5-3-7(9(14)15)8(4-6(5)2)10(11,12)13/h3-4H,1-2H3,(H,14,15). The third kappa shape index (κ3) is 2.29. The van der Waals surface area contributed by atoms with E-state index in [9.17, 15) is 18.0 Å². The first-order chi connectivity index (χ1) is 6.73. The summed E-state index contributed by atoms with van der Waals surface area (Å²) in [4.78, 5) is 10.6. The normalized spacial score (nSPS) is 11.5. The molecule has 0 amide bonds. The molecule has 1 N–H and O–H groups in total. The van der Waals surface area contributed by atoms with Gasteiger partial charge >= 0.3 is 12.1 Å². The number of carbonyl (C=O) groups is 1. The lowest BCUT2D eigenvalue weighted by atomic mass is 9.99. The average molecular weight is 218 g/mol. The monoisotopic (exact) mass is 218 g/mol. The van der Waals surface area contributed by atoms with Gasteiger partial charge in [0.05, 0.1) is 11.1 Å². The second-order valence-electron chi connectivity index (χ2n) is 3.28. The number of carboxylic acid groups (broad SMARTS) is 1. The molecule has 0 heterocycles. The van der Waals surface area contributed by atoms with Crippen molar-refractivity contribution in [3.05, 3.63) is 34.4 Å².